The van der Waals surface area contributed by atoms with E-state index in [9.17, 15) is 9.59 Å². The van der Waals surface area contributed by atoms with Gasteiger partial charge in [-0.2, -0.15) is 0 Å². The molecule has 8 heteroatoms. The Kier molecular flexibility index (Phi) is 6.13. The number of primary amides is 1. The van der Waals surface area contributed by atoms with Crippen LogP contribution in [0.2, 0.25) is 0 Å². The molecule has 3 aliphatic rings. The van der Waals surface area contributed by atoms with E-state index < -0.39 is 6.09 Å². The van der Waals surface area contributed by atoms with Gasteiger partial charge in [0.15, 0.2) is 5.75 Å². The number of piperidine rings is 1. The molecular formula is C22H32N4O4. The standard InChI is InChI=1S/C22H32N4O4/c1-2-4-17-18(30-21(23)28)5-6-19(24-17)25-11-3-9-22(15-25)10-12-26(20(22)27)16-7-13-29-14-8-16/h5-6,16H,2-4,7-15H2,1H3,(H2,23,28)/t22-/m1/s1. The number of rotatable bonds is 5. The molecule has 0 saturated carbocycles. The minimum atomic E-state index is -0.830. The Hall–Kier alpha value is -2.35. The number of aromatic nitrogens is 1. The first-order valence-electron chi connectivity index (χ1n) is 11.1. The van der Waals surface area contributed by atoms with Crippen LogP contribution < -0.4 is 15.4 Å². The lowest BCUT2D eigenvalue weighted by molar-refractivity contribution is -0.139. The molecule has 0 unspecified atom stereocenters. The second-order valence-corrected chi connectivity index (χ2v) is 8.68. The number of anilines is 1. The first-order valence-corrected chi connectivity index (χ1v) is 11.1. The van der Waals surface area contributed by atoms with E-state index >= 15 is 0 Å². The van der Waals surface area contributed by atoms with Crippen molar-refractivity contribution in [3.05, 3.63) is 17.8 Å². The number of aryl methyl sites for hydroxylation is 1. The molecule has 0 radical (unpaired) electrons. The zero-order chi connectivity index (χ0) is 21.1. The van der Waals surface area contributed by atoms with Gasteiger partial charge in [-0.05, 0) is 50.7 Å². The van der Waals surface area contributed by atoms with E-state index in [0.717, 1.165) is 76.3 Å². The van der Waals surface area contributed by atoms with Crippen molar-refractivity contribution in [2.45, 2.75) is 57.9 Å². The molecule has 8 nitrogen and oxygen atoms in total. The Morgan fingerprint density at radius 3 is 2.83 bits per heavy atom. The normalized spacial score (nSPS) is 25.2. The number of ether oxygens (including phenoxy) is 2. The van der Waals surface area contributed by atoms with Gasteiger partial charge in [-0.3, -0.25) is 4.79 Å². The minimum Gasteiger partial charge on any atom is -0.409 e. The van der Waals surface area contributed by atoms with Gasteiger partial charge in [-0.1, -0.05) is 13.3 Å². The maximum atomic E-state index is 13.5. The Balaban J connectivity index is 1.52. The maximum Gasteiger partial charge on any atom is 0.410 e. The summed E-state index contributed by atoms with van der Waals surface area (Å²) in [6, 6.07) is 3.96. The molecule has 3 saturated heterocycles. The number of hydrogen-bond acceptors (Lipinski definition) is 6. The molecule has 30 heavy (non-hydrogen) atoms. The first-order chi connectivity index (χ1) is 14.5. The minimum absolute atomic E-state index is 0.307. The molecule has 0 aliphatic carbocycles. The van der Waals surface area contributed by atoms with Gasteiger partial charge < -0.3 is 25.0 Å². The van der Waals surface area contributed by atoms with Gasteiger partial charge in [0.2, 0.25) is 5.91 Å². The highest BCUT2D eigenvalue weighted by Crippen LogP contribution is 2.42. The second-order valence-electron chi connectivity index (χ2n) is 8.68. The second kappa shape index (κ2) is 8.79. The average Bonchev–Trinajstić information content (AvgIpc) is 3.05. The van der Waals surface area contributed by atoms with Crippen molar-refractivity contribution in [1.29, 1.82) is 0 Å². The van der Waals surface area contributed by atoms with Gasteiger partial charge in [0.25, 0.3) is 0 Å². The number of carbonyl (C=O) groups excluding carboxylic acids is 2. The summed E-state index contributed by atoms with van der Waals surface area (Å²) < 4.78 is 10.6. The number of nitrogens with zero attached hydrogens (tertiary/aromatic N) is 3. The van der Waals surface area contributed by atoms with E-state index in [1.54, 1.807) is 6.07 Å². The van der Waals surface area contributed by atoms with Crippen LogP contribution in [0, 0.1) is 5.41 Å². The molecule has 4 rings (SSSR count). The quantitative estimate of drug-likeness (QED) is 0.792. The SMILES string of the molecule is CCCc1nc(N2CCC[C@@]3(CCN(C4CCOCC4)C3=O)C2)ccc1OC(N)=O. The largest absolute Gasteiger partial charge is 0.410 e. The lowest BCUT2D eigenvalue weighted by Crippen LogP contribution is -2.50. The van der Waals surface area contributed by atoms with E-state index in [-0.39, 0.29) is 5.41 Å². The summed E-state index contributed by atoms with van der Waals surface area (Å²) in [5.74, 6) is 1.57. The summed E-state index contributed by atoms with van der Waals surface area (Å²) in [6.07, 6.45) is 5.45. The number of hydrogen-bond donors (Lipinski definition) is 1. The summed E-state index contributed by atoms with van der Waals surface area (Å²) in [6.45, 7) is 5.97. The lowest BCUT2D eigenvalue weighted by Gasteiger charge is -2.40. The number of likely N-dealkylation sites (tertiary alicyclic amines) is 1. The van der Waals surface area contributed by atoms with E-state index in [4.69, 9.17) is 20.2 Å². The Labute approximate surface area is 177 Å². The number of nitrogens with two attached hydrogens (primary N) is 1. The van der Waals surface area contributed by atoms with Crippen LogP contribution in [0.5, 0.6) is 5.75 Å². The fourth-order valence-electron chi connectivity index (χ4n) is 5.17. The Morgan fingerprint density at radius 1 is 1.30 bits per heavy atom. The third kappa shape index (κ3) is 4.10. The highest BCUT2D eigenvalue weighted by atomic mass is 16.5. The van der Waals surface area contributed by atoms with Crippen LogP contribution in [-0.2, 0) is 16.0 Å². The van der Waals surface area contributed by atoms with Crippen LogP contribution in [0.4, 0.5) is 10.6 Å². The molecular weight excluding hydrogens is 384 g/mol. The Morgan fingerprint density at radius 2 is 2.10 bits per heavy atom. The molecule has 3 fully saturated rings. The first kappa shape index (κ1) is 20.9. The van der Waals surface area contributed by atoms with Crippen molar-refractivity contribution in [2.75, 3.05) is 37.7 Å². The van der Waals surface area contributed by atoms with Crippen LogP contribution in [0.3, 0.4) is 0 Å². The van der Waals surface area contributed by atoms with Crippen molar-refractivity contribution in [1.82, 2.24) is 9.88 Å². The monoisotopic (exact) mass is 416 g/mol. The van der Waals surface area contributed by atoms with Gasteiger partial charge in [-0.25, -0.2) is 9.78 Å². The summed E-state index contributed by atoms with van der Waals surface area (Å²) in [5.41, 5.74) is 5.61. The fraction of sp³-hybridized carbons (Fsp3) is 0.682. The van der Waals surface area contributed by atoms with Crippen LogP contribution in [0.1, 0.15) is 51.1 Å². The maximum absolute atomic E-state index is 13.5. The van der Waals surface area contributed by atoms with Crippen LogP contribution in [0.25, 0.3) is 0 Å². The molecule has 1 aromatic rings. The van der Waals surface area contributed by atoms with Gasteiger partial charge in [0.05, 0.1) is 11.1 Å². The molecule has 4 heterocycles. The van der Waals surface area contributed by atoms with Crippen LogP contribution in [0.15, 0.2) is 12.1 Å². The van der Waals surface area contributed by atoms with E-state index in [1.807, 2.05) is 6.07 Å². The number of pyridine rings is 1. The topological polar surface area (TPSA) is 98.0 Å². The fourth-order valence-corrected chi connectivity index (χ4v) is 5.17. The molecule has 3 aliphatic heterocycles. The lowest BCUT2D eigenvalue weighted by atomic mass is 9.78. The Bertz CT molecular complexity index is 795. The molecule has 1 aromatic heterocycles. The molecule has 0 bridgehead atoms. The molecule has 1 spiro atoms. The predicted molar refractivity (Wildman–Crippen MR) is 112 cm³/mol. The molecule has 2 N–H and O–H groups in total. The third-order valence-electron chi connectivity index (χ3n) is 6.69. The van der Waals surface area contributed by atoms with Crippen molar-refractivity contribution in [3.8, 4) is 5.75 Å². The van der Waals surface area contributed by atoms with Gasteiger partial charge in [0, 0.05) is 38.9 Å². The summed E-state index contributed by atoms with van der Waals surface area (Å²) in [5, 5.41) is 0. The molecule has 0 aromatic carbocycles. The van der Waals surface area contributed by atoms with E-state index in [2.05, 4.69) is 16.7 Å². The van der Waals surface area contributed by atoms with Crippen molar-refractivity contribution in [3.63, 3.8) is 0 Å². The highest BCUT2D eigenvalue weighted by molar-refractivity contribution is 5.86. The smallest absolute Gasteiger partial charge is 0.409 e. The van der Waals surface area contributed by atoms with Gasteiger partial charge in [-0.15, -0.1) is 0 Å². The number of carbonyl (C=O) groups is 2. The summed E-state index contributed by atoms with van der Waals surface area (Å²) >= 11 is 0. The number of amides is 2. The van der Waals surface area contributed by atoms with E-state index in [1.165, 1.54) is 0 Å². The molecule has 1 atom stereocenters. The van der Waals surface area contributed by atoms with E-state index in [0.29, 0.717) is 30.7 Å². The zero-order valence-corrected chi connectivity index (χ0v) is 17.8. The summed E-state index contributed by atoms with van der Waals surface area (Å²) in [4.78, 5) is 33.8. The highest BCUT2D eigenvalue weighted by Gasteiger charge is 2.50. The van der Waals surface area contributed by atoms with Gasteiger partial charge >= 0.3 is 6.09 Å². The van der Waals surface area contributed by atoms with Crippen molar-refractivity contribution >= 4 is 17.8 Å². The summed E-state index contributed by atoms with van der Waals surface area (Å²) in [7, 11) is 0. The van der Waals surface area contributed by atoms with Crippen molar-refractivity contribution < 1.29 is 19.1 Å². The van der Waals surface area contributed by atoms with Crippen molar-refractivity contribution in [2.24, 2.45) is 11.1 Å². The third-order valence-corrected chi connectivity index (χ3v) is 6.69. The zero-order valence-electron chi connectivity index (χ0n) is 17.8. The molecule has 2 amide bonds. The predicted octanol–water partition coefficient (Wildman–Crippen LogP) is 2.49. The average molecular weight is 417 g/mol. The van der Waals surface area contributed by atoms with Crippen LogP contribution in [-0.4, -0.2) is 60.8 Å². The van der Waals surface area contributed by atoms with Gasteiger partial charge in [0.1, 0.15) is 5.82 Å². The molecule has 164 valence electrons. The van der Waals surface area contributed by atoms with Crippen LogP contribution >= 0.6 is 0 Å².